The molecule has 6 heteroatoms. The number of hydrogen-bond acceptors (Lipinski definition) is 5. The van der Waals surface area contributed by atoms with Gasteiger partial charge in [0, 0.05) is 38.0 Å². The summed E-state index contributed by atoms with van der Waals surface area (Å²) < 4.78 is 0. The lowest BCUT2D eigenvalue weighted by atomic mass is 9.44. The highest BCUT2D eigenvalue weighted by Gasteiger charge is 2.65. The molecule has 31 heavy (non-hydrogen) atoms. The van der Waals surface area contributed by atoms with Crippen LogP contribution >= 0.6 is 0 Å². The number of carbonyl (C=O) groups excluding carboxylic acids is 3. The predicted molar refractivity (Wildman–Crippen MR) is 114 cm³/mol. The largest absolute Gasteiger partial charge is 0.481 e. The zero-order valence-corrected chi connectivity index (χ0v) is 19.0. The summed E-state index contributed by atoms with van der Waals surface area (Å²) in [5, 5.41) is 17.9. The molecule has 0 aromatic heterocycles. The van der Waals surface area contributed by atoms with Crippen LogP contribution in [0.15, 0.2) is 0 Å². The number of ketones is 3. The van der Waals surface area contributed by atoms with Gasteiger partial charge in [0.1, 0.15) is 17.0 Å². The maximum atomic E-state index is 12.9. The fourth-order valence-corrected chi connectivity index (χ4v) is 6.75. The number of fused-ring (bicyclic) bond motifs is 5. The molecule has 4 saturated carbocycles. The van der Waals surface area contributed by atoms with E-state index in [1.54, 1.807) is 0 Å². The zero-order chi connectivity index (χ0) is 23.0. The number of nitrogens with zero attached hydrogens (tertiary/aromatic N) is 1. The van der Waals surface area contributed by atoms with Crippen molar-refractivity contribution in [2.24, 2.45) is 40.4 Å². The maximum absolute atomic E-state index is 12.9. The monoisotopic (exact) mass is 429 g/mol. The van der Waals surface area contributed by atoms with Gasteiger partial charge in [-0.3, -0.25) is 19.2 Å². The van der Waals surface area contributed by atoms with Gasteiger partial charge < -0.3 is 5.11 Å². The molecule has 6 atom stereocenters. The molecule has 0 amide bonds. The van der Waals surface area contributed by atoms with Gasteiger partial charge >= 0.3 is 5.97 Å². The van der Waals surface area contributed by atoms with E-state index < -0.39 is 11.4 Å². The van der Waals surface area contributed by atoms with E-state index in [0.717, 1.165) is 25.7 Å². The minimum Gasteiger partial charge on any atom is -0.481 e. The highest BCUT2D eigenvalue weighted by Crippen LogP contribution is 2.63. The van der Waals surface area contributed by atoms with Crippen LogP contribution in [0.25, 0.3) is 0 Å². The Morgan fingerprint density at radius 3 is 2.45 bits per heavy atom. The van der Waals surface area contributed by atoms with Gasteiger partial charge in [-0.05, 0) is 54.8 Å². The normalized spacial score (nSPS) is 39.0. The molecular formula is C25H35NO5. The van der Waals surface area contributed by atoms with Crippen molar-refractivity contribution in [2.75, 3.05) is 0 Å². The van der Waals surface area contributed by atoms with Crippen molar-refractivity contribution in [1.29, 1.82) is 5.26 Å². The third-order valence-corrected chi connectivity index (χ3v) is 8.64. The van der Waals surface area contributed by atoms with Gasteiger partial charge in [-0.15, -0.1) is 0 Å². The molecule has 0 aromatic rings. The fourth-order valence-electron chi connectivity index (χ4n) is 6.75. The SMILES string of the molecule is CC(C)CCC(=O)O.CC12CCC(=O)CC1CC(=O)C1C3CCCC3(C#N)C(=O)CC12. The standard InChI is InChI=1S/C19H23NO3.C6H12O2/c1-18-6-4-12(21)7-11(18)8-15(22)17-13-3-2-5-19(13,10-20)16(23)9-14(17)18;1-5(2)3-4-6(7)8/h11,13-14,17H,2-9H2,1H3;5H,3-4H2,1-2H3,(H,7,8). The Balaban J connectivity index is 0.000000293. The molecule has 4 aliphatic rings. The Kier molecular flexibility index (Phi) is 6.74. The summed E-state index contributed by atoms with van der Waals surface area (Å²) in [6.45, 7) is 6.22. The first-order valence-corrected chi connectivity index (χ1v) is 11.8. The van der Waals surface area contributed by atoms with E-state index in [0.29, 0.717) is 44.4 Å². The summed E-state index contributed by atoms with van der Waals surface area (Å²) in [5.74, 6) is 0.269. The lowest BCUT2D eigenvalue weighted by Crippen LogP contribution is -2.59. The van der Waals surface area contributed by atoms with Crippen LogP contribution < -0.4 is 0 Å². The maximum Gasteiger partial charge on any atom is 0.303 e. The second kappa shape index (κ2) is 8.84. The Morgan fingerprint density at radius 2 is 1.87 bits per heavy atom. The van der Waals surface area contributed by atoms with Gasteiger partial charge in [0.2, 0.25) is 0 Å². The number of carboxylic acid groups (broad SMARTS) is 1. The average Bonchev–Trinajstić information content (AvgIpc) is 3.15. The molecule has 0 bridgehead atoms. The molecule has 4 rings (SSSR count). The van der Waals surface area contributed by atoms with Crippen LogP contribution in [-0.2, 0) is 19.2 Å². The summed E-state index contributed by atoms with van der Waals surface area (Å²) in [6, 6.07) is 2.32. The number of nitriles is 1. The molecule has 1 N–H and O–H groups in total. The van der Waals surface area contributed by atoms with E-state index in [1.807, 2.05) is 13.8 Å². The van der Waals surface area contributed by atoms with E-state index in [-0.39, 0.29) is 46.4 Å². The van der Waals surface area contributed by atoms with Crippen LogP contribution in [0.5, 0.6) is 0 Å². The van der Waals surface area contributed by atoms with Gasteiger partial charge in [-0.25, -0.2) is 0 Å². The second-order valence-corrected chi connectivity index (χ2v) is 10.8. The fraction of sp³-hybridized carbons (Fsp3) is 0.800. The topological polar surface area (TPSA) is 112 Å². The van der Waals surface area contributed by atoms with Crippen LogP contribution in [0.4, 0.5) is 0 Å². The summed E-state index contributed by atoms with van der Waals surface area (Å²) in [5.41, 5.74) is -0.989. The summed E-state index contributed by atoms with van der Waals surface area (Å²) in [7, 11) is 0. The van der Waals surface area contributed by atoms with E-state index in [2.05, 4.69) is 13.0 Å². The molecule has 0 aliphatic heterocycles. The number of carboxylic acids is 1. The third kappa shape index (κ3) is 4.21. The third-order valence-electron chi connectivity index (χ3n) is 8.64. The van der Waals surface area contributed by atoms with Crippen LogP contribution in [-0.4, -0.2) is 28.4 Å². The van der Waals surface area contributed by atoms with Crippen LogP contribution in [0.2, 0.25) is 0 Å². The highest BCUT2D eigenvalue weighted by atomic mass is 16.4. The van der Waals surface area contributed by atoms with Gasteiger partial charge in [-0.1, -0.05) is 27.2 Å². The van der Waals surface area contributed by atoms with E-state index in [1.165, 1.54) is 0 Å². The van der Waals surface area contributed by atoms with Crippen LogP contribution in [0, 0.1) is 51.8 Å². The van der Waals surface area contributed by atoms with Gasteiger partial charge in [-0.2, -0.15) is 5.26 Å². The molecule has 0 heterocycles. The van der Waals surface area contributed by atoms with Crippen molar-refractivity contribution >= 4 is 23.3 Å². The molecule has 0 aromatic carbocycles. The van der Waals surface area contributed by atoms with E-state index in [9.17, 15) is 24.4 Å². The smallest absolute Gasteiger partial charge is 0.303 e. The second-order valence-electron chi connectivity index (χ2n) is 10.8. The number of rotatable bonds is 3. The summed E-state index contributed by atoms with van der Waals surface area (Å²) >= 11 is 0. The van der Waals surface area contributed by atoms with Crippen molar-refractivity contribution in [3.63, 3.8) is 0 Å². The lowest BCUT2D eigenvalue weighted by molar-refractivity contribution is -0.161. The van der Waals surface area contributed by atoms with Crippen molar-refractivity contribution in [2.45, 2.75) is 85.0 Å². The number of aliphatic carboxylic acids is 1. The number of carbonyl (C=O) groups is 4. The van der Waals surface area contributed by atoms with Gasteiger partial charge in [0.05, 0.1) is 6.07 Å². The Bertz CT molecular complexity index is 811. The molecule has 4 fully saturated rings. The van der Waals surface area contributed by atoms with Crippen LogP contribution in [0.1, 0.15) is 85.0 Å². The minimum atomic E-state index is -0.898. The number of hydrogen-bond donors (Lipinski definition) is 1. The highest BCUT2D eigenvalue weighted by molar-refractivity contribution is 5.94. The number of Topliss-reactive ketones (excluding diaryl/α,β-unsaturated/α-hetero) is 3. The first kappa shape index (κ1) is 23.6. The molecule has 170 valence electrons. The van der Waals surface area contributed by atoms with Gasteiger partial charge in [0.25, 0.3) is 0 Å². The molecule has 0 radical (unpaired) electrons. The van der Waals surface area contributed by atoms with Crippen molar-refractivity contribution in [3.05, 3.63) is 0 Å². The minimum absolute atomic E-state index is 0.0407. The zero-order valence-electron chi connectivity index (χ0n) is 19.0. The van der Waals surface area contributed by atoms with Crippen molar-refractivity contribution < 1.29 is 24.3 Å². The molecule has 6 unspecified atom stereocenters. The summed E-state index contributed by atoms with van der Waals surface area (Å²) in [6.07, 6.45) is 6.11. The predicted octanol–water partition coefficient (Wildman–Crippen LogP) is 4.36. The first-order valence-electron chi connectivity index (χ1n) is 11.8. The molecule has 6 nitrogen and oxygen atoms in total. The average molecular weight is 430 g/mol. The quantitative estimate of drug-likeness (QED) is 0.713. The first-order chi connectivity index (χ1) is 14.5. The summed E-state index contributed by atoms with van der Waals surface area (Å²) in [4.78, 5) is 47.5. The Hall–Kier alpha value is -2.03. The molecule has 0 saturated heterocycles. The van der Waals surface area contributed by atoms with Crippen molar-refractivity contribution in [3.8, 4) is 6.07 Å². The Morgan fingerprint density at radius 1 is 1.16 bits per heavy atom. The Labute approximate surface area is 184 Å². The van der Waals surface area contributed by atoms with E-state index >= 15 is 0 Å². The van der Waals surface area contributed by atoms with Crippen molar-refractivity contribution in [1.82, 2.24) is 0 Å². The lowest BCUT2D eigenvalue weighted by Gasteiger charge is -2.57. The van der Waals surface area contributed by atoms with E-state index in [4.69, 9.17) is 5.11 Å². The van der Waals surface area contributed by atoms with Crippen LogP contribution in [0.3, 0.4) is 0 Å². The van der Waals surface area contributed by atoms with Gasteiger partial charge in [0.15, 0.2) is 5.78 Å². The molecular weight excluding hydrogens is 394 g/mol. The molecule has 0 spiro atoms. The molecule has 4 aliphatic carbocycles.